The van der Waals surface area contributed by atoms with E-state index < -0.39 is 0 Å². The average molecular weight is 323 g/mol. The largest absolute Gasteiger partial charge is 0.299 e. The number of carbonyl (C=O) groups is 1. The number of thiazole rings is 1. The Morgan fingerprint density at radius 1 is 1.57 bits per heavy atom. The lowest BCUT2D eigenvalue weighted by Gasteiger charge is -2.29. The van der Waals surface area contributed by atoms with Gasteiger partial charge >= 0.3 is 0 Å². The van der Waals surface area contributed by atoms with E-state index in [9.17, 15) is 4.79 Å². The molecule has 0 saturated heterocycles. The highest BCUT2D eigenvalue weighted by molar-refractivity contribution is 7.13. The lowest BCUT2D eigenvalue weighted by molar-refractivity contribution is -0.117. The zero-order chi connectivity index (χ0) is 14.8. The van der Waals surface area contributed by atoms with E-state index in [0.29, 0.717) is 17.7 Å². The fourth-order valence-corrected chi connectivity index (χ4v) is 4.30. The fraction of sp³-hybridized carbons (Fsp3) is 0.538. The lowest BCUT2D eigenvalue weighted by atomic mass is 9.97. The fourth-order valence-electron chi connectivity index (χ4n) is 2.66. The van der Waals surface area contributed by atoms with E-state index in [0.717, 1.165) is 24.3 Å². The summed E-state index contributed by atoms with van der Waals surface area (Å²) in [5.74, 6) is -0.0531. The van der Waals surface area contributed by atoms with Crippen molar-refractivity contribution in [2.75, 3.05) is 18.9 Å². The van der Waals surface area contributed by atoms with Gasteiger partial charge in [0.2, 0.25) is 11.0 Å². The third-order valence-corrected chi connectivity index (χ3v) is 5.28. The number of likely N-dealkylation sites (N-methyl/N-ethyl adjacent to an activating group) is 1. The van der Waals surface area contributed by atoms with Crippen LogP contribution in [-0.2, 0) is 11.2 Å². The van der Waals surface area contributed by atoms with Crippen LogP contribution in [0.1, 0.15) is 34.5 Å². The molecular weight excluding hydrogens is 306 g/mol. The predicted molar refractivity (Wildman–Crippen MR) is 83.7 cm³/mol. The van der Waals surface area contributed by atoms with E-state index in [1.807, 2.05) is 14.0 Å². The van der Waals surface area contributed by atoms with E-state index in [1.165, 1.54) is 21.9 Å². The molecule has 0 saturated carbocycles. The van der Waals surface area contributed by atoms with Gasteiger partial charge in [0.05, 0.1) is 17.2 Å². The van der Waals surface area contributed by atoms with Crippen molar-refractivity contribution in [2.24, 2.45) is 0 Å². The smallest absolute Gasteiger partial charge is 0.240 e. The van der Waals surface area contributed by atoms with Gasteiger partial charge in [-0.25, -0.2) is 4.98 Å². The van der Waals surface area contributed by atoms with Crippen LogP contribution >= 0.6 is 22.7 Å². The first-order chi connectivity index (χ1) is 10.1. The standard InChI is InChI=1S/C13H17N5OS2/c1-8-15-9-4-3-5-10(12(9)21-8)18(2)6-11(19)16-13-17-14-7-20-13/h7,10H,3-6H2,1-2H3,(H,16,17,19). The molecule has 0 spiro atoms. The van der Waals surface area contributed by atoms with Crippen LogP contribution in [0.15, 0.2) is 5.51 Å². The molecular formula is C13H17N5OS2. The second kappa shape index (κ2) is 6.17. The monoisotopic (exact) mass is 323 g/mol. The highest BCUT2D eigenvalue weighted by Gasteiger charge is 2.28. The number of fused-ring (bicyclic) bond motifs is 1. The summed E-state index contributed by atoms with van der Waals surface area (Å²) in [6.07, 6.45) is 3.27. The van der Waals surface area contributed by atoms with Crippen LogP contribution in [0.2, 0.25) is 0 Å². The second-order valence-corrected chi connectivity index (χ2v) is 7.23. The Labute approximate surface area is 131 Å². The molecule has 1 unspecified atom stereocenters. The second-order valence-electron chi connectivity index (χ2n) is 5.16. The number of amides is 1. The molecule has 1 amide bonds. The van der Waals surface area contributed by atoms with E-state index in [2.05, 4.69) is 25.4 Å². The van der Waals surface area contributed by atoms with Crippen molar-refractivity contribution in [2.45, 2.75) is 32.2 Å². The van der Waals surface area contributed by atoms with Gasteiger partial charge in [0, 0.05) is 10.9 Å². The molecule has 1 atom stereocenters. The molecule has 2 heterocycles. The molecule has 0 fully saturated rings. The van der Waals surface area contributed by atoms with Crippen LogP contribution in [0.3, 0.4) is 0 Å². The van der Waals surface area contributed by atoms with Crippen molar-refractivity contribution < 1.29 is 4.79 Å². The first-order valence-corrected chi connectivity index (χ1v) is 8.55. The van der Waals surface area contributed by atoms with Crippen molar-refractivity contribution in [3.63, 3.8) is 0 Å². The summed E-state index contributed by atoms with van der Waals surface area (Å²) in [5.41, 5.74) is 2.82. The Hall–Kier alpha value is -1.38. The predicted octanol–water partition coefficient (Wildman–Crippen LogP) is 2.25. The van der Waals surface area contributed by atoms with Gasteiger partial charge in [-0.1, -0.05) is 11.3 Å². The number of hydrogen-bond acceptors (Lipinski definition) is 7. The molecule has 2 aromatic heterocycles. The SMILES string of the molecule is Cc1nc2c(s1)C(N(C)CC(=O)Nc1nncs1)CCC2. The van der Waals surface area contributed by atoms with Crippen molar-refractivity contribution in [3.8, 4) is 0 Å². The molecule has 1 aliphatic rings. The maximum absolute atomic E-state index is 12.1. The van der Waals surface area contributed by atoms with Crippen LogP contribution in [0, 0.1) is 6.92 Å². The quantitative estimate of drug-likeness (QED) is 0.934. The molecule has 21 heavy (non-hydrogen) atoms. The van der Waals surface area contributed by atoms with Crippen molar-refractivity contribution >= 4 is 33.7 Å². The highest BCUT2D eigenvalue weighted by Crippen LogP contribution is 2.37. The summed E-state index contributed by atoms with van der Waals surface area (Å²) in [6.45, 7) is 2.39. The summed E-state index contributed by atoms with van der Waals surface area (Å²) < 4.78 is 0. The molecule has 0 aliphatic heterocycles. The normalized spacial score (nSPS) is 17.8. The van der Waals surface area contributed by atoms with Gasteiger partial charge in [-0.2, -0.15) is 0 Å². The van der Waals surface area contributed by atoms with Crippen molar-refractivity contribution in [1.29, 1.82) is 0 Å². The van der Waals surface area contributed by atoms with E-state index in [1.54, 1.807) is 16.8 Å². The number of anilines is 1. The summed E-state index contributed by atoms with van der Waals surface area (Å²) in [5, 5.41) is 12.0. The van der Waals surface area contributed by atoms with Gasteiger partial charge in [-0.15, -0.1) is 21.5 Å². The summed E-state index contributed by atoms with van der Waals surface area (Å²) in [4.78, 5) is 20.1. The van der Waals surface area contributed by atoms with Crippen LogP contribution in [0.5, 0.6) is 0 Å². The Morgan fingerprint density at radius 3 is 3.19 bits per heavy atom. The minimum atomic E-state index is -0.0531. The lowest BCUT2D eigenvalue weighted by Crippen LogP contribution is -2.34. The molecule has 1 N–H and O–H groups in total. The van der Waals surface area contributed by atoms with Crippen LogP contribution in [-0.4, -0.2) is 39.6 Å². The number of rotatable bonds is 4. The zero-order valence-corrected chi connectivity index (χ0v) is 13.6. The van der Waals surface area contributed by atoms with Crippen LogP contribution in [0.25, 0.3) is 0 Å². The van der Waals surface area contributed by atoms with Gasteiger partial charge in [0.25, 0.3) is 0 Å². The van der Waals surface area contributed by atoms with E-state index >= 15 is 0 Å². The Kier molecular flexibility index (Phi) is 4.27. The Morgan fingerprint density at radius 2 is 2.43 bits per heavy atom. The molecule has 1 aliphatic carbocycles. The summed E-state index contributed by atoms with van der Waals surface area (Å²) in [6, 6.07) is 0.292. The molecule has 0 radical (unpaired) electrons. The van der Waals surface area contributed by atoms with Crippen molar-refractivity contribution in [3.05, 3.63) is 21.1 Å². The number of aryl methyl sites for hydroxylation is 2. The maximum Gasteiger partial charge on any atom is 0.240 e. The number of nitrogens with zero attached hydrogens (tertiary/aromatic N) is 4. The van der Waals surface area contributed by atoms with Crippen molar-refractivity contribution in [1.82, 2.24) is 20.1 Å². The minimum absolute atomic E-state index is 0.0531. The first-order valence-electron chi connectivity index (χ1n) is 6.86. The average Bonchev–Trinajstić information content (AvgIpc) is 3.05. The van der Waals surface area contributed by atoms with Crippen LogP contribution in [0.4, 0.5) is 5.13 Å². The topological polar surface area (TPSA) is 71.0 Å². The van der Waals surface area contributed by atoms with Gasteiger partial charge in [-0.05, 0) is 33.2 Å². The summed E-state index contributed by atoms with van der Waals surface area (Å²) >= 11 is 3.08. The maximum atomic E-state index is 12.1. The minimum Gasteiger partial charge on any atom is -0.299 e. The highest BCUT2D eigenvalue weighted by atomic mass is 32.1. The zero-order valence-electron chi connectivity index (χ0n) is 12.0. The third kappa shape index (κ3) is 3.28. The van der Waals surface area contributed by atoms with Gasteiger partial charge in [-0.3, -0.25) is 15.0 Å². The number of aromatic nitrogens is 3. The molecule has 3 rings (SSSR count). The van der Waals surface area contributed by atoms with Gasteiger partial charge < -0.3 is 0 Å². The number of carbonyl (C=O) groups excluding carboxylic acids is 1. The third-order valence-electron chi connectivity index (χ3n) is 3.56. The van der Waals surface area contributed by atoms with E-state index in [4.69, 9.17) is 0 Å². The molecule has 0 bridgehead atoms. The molecule has 6 nitrogen and oxygen atoms in total. The number of hydrogen-bond donors (Lipinski definition) is 1. The van der Waals surface area contributed by atoms with E-state index in [-0.39, 0.29) is 5.91 Å². The molecule has 0 aromatic carbocycles. The Bertz CT molecular complexity index is 625. The van der Waals surface area contributed by atoms with Crippen LogP contribution < -0.4 is 5.32 Å². The number of nitrogens with one attached hydrogen (secondary N) is 1. The summed E-state index contributed by atoms with van der Waals surface area (Å²) in [7, 11) is 1.99. The Balaban J connectivity index is 1.65. The molecule has 8 heteroatoms. The first kappa shape index (κ1) is 14.6. The van der Waals surface area contributed by atoms with Gasteiger partial charge in [0.1, 0.15) is 5.51 Å². The van der Waals surface area contributed by atoms with Gasteiger partial charge in [0.15, 0.2) is 0 Å². The molecule has 112 valence electrons. The molecule has 2 aromatic rings.